The third kappa shape index (κ3) is 2.78. The van der Waals surface area contributed by atoms with Gasteiger partial charge in [-0.25, -0.2) is 0 Å². The monoisotopic (exact) mass is 240 g/mol. The van der Waals surface area contributed by atoms with Crippen molar-refractivity contribution < 1.29 is 4.74 Å². The van der Waals surface area contributed by atoms with Crippen LogP contribution in [0.25, 0.3) is 0 Å². The first-order valence-corrected chi connectivity index (χ1v) is 6.65. The first-order valence-electron chi connectivity index (χ1n) is 6.65. The van der Waals surface area contributed by atoms with E-state index < -0.39 is 5.60 Å². The highest BCUT2D eigenvalue weighted by atomic mass is 16.5. The maximum Gasteiger partial charge on any atom is 0.127 e. The molecule has 5 nitrogen and oxygen atoms in total. The molecule has 2 aliphatic rings. The molecule has 0 aromatic heterocycles. The number of ether oxygens (including phenoxy) is 1. The van der Waals surface area contributed by atoms with Crippen molar-refractivity contribution >= 4 is 5.84 Å². The number of hydrogen-bond acceptors (Lipinski definition) is 4. The number of amidine groups is 1. The van der Waals surface area contributed by atoms with Crippen LogP contribution >= 0.6 is 0 Å². The number of nitrogens with two attached hydrogens (primary N) is 2. The summed E-state index contributed by atoms with van der Waals surface area (Å²) in [7, 11) is 0. The van der Waals surface area contributed by atoms with Crippen molar-refractivity contribution in [2.24, 2.45) is 11.5 Å². The molecular formula is C12H24N4O. The fourth-order valence-electron chi connectivity index (χ4n) is 2.83. The average molecular weight is 240 g/mol. The second-order valence-electron chi connectivity index (χ2n) is 5.27. The second-order valence-corrected chi connectivity index (χ2v) is 5.27. The van der Waals surface area contributed by atoms with Crippen LogP contribution in [0.4, 0.5) is 0 Å². The van der Waals surface area contributed by atoms with Crippen LogP contribution in [0.5, 0.6) is 0 Å². The summed E-state index contributed by atoms with van der Waals surface area (Å²) in [5.41, 5.74) is 11.2. The lowest BCUT2D eigenvalue weighted by Gasteiger charge is -2.42. The molecule has 1 aliphatic heterocycles. The average Bonchev–Trinajstić information content (AvgIpc) is 2.33. The standard InChI is InChI=1S/C12H24N4O/c13-9-5-4-8-16-10(9)17-12(11(14)15)6-2-1-3-7-12/h9-10,16H,1-8,13H2,(H3,14,15). The van der Waals surface area contributed by atoms with Gasteiger partial charge in [0.25, 0.3) is 0 Å². The number of hydrogen-bond donors (Lipinski definition) is 4. The van der Waals surface area contributed by atoms with Crippen molar-refractivity contribution in [3.63, 3.8) is 0 Å². The Kier molecular flexibility index (Phi) is 4.01. The molecule has 1 saturated carbocycles. The molecule has 2 unspecified atom stereocenters. The molecule has 0 radical (unpaired) electrons. The van der Waals surface area contributed by atoms with Crippen LogP contribution in [0.3, 0.4) is 0 Å². The van der Waals surface area contributed by atoms with E-state index in [1.54, 1.807) is 0 Å². The van der Waals surface area contributed by atoms with Crippen LogP contribution in [0.2, 0.25) is 0 Å². The van der Waals surface area contributed by atoms with Gasteiger partial charge in [0.1, 0.15) is 17.7 Å². The third-order valence-electron chi connectivity index (χ3n) is 3.95. The van der Waals surface area contributed by atoms with Gasteiger partial charge < -0.3 is 16.2 Å². The van der Waals surface area contributed by atoms with E-state index in [-0.39, 0.29) is 18.1 Å². The van der Waals surface area contributed by atoms with Crippen LogP contribution < -0.4 is 16.8 Å². The molecule has 1 aliphatic carbocycles. The van der Waals surface area contributed by atoms with Gasteiger partial charge in [-0.15, -0.1) is 0 Å². The molecule has 2 rings (SSSR count). The predicted molar refractivity (Wildman–Crippen MR) is 67.8 cm³/mol. The van der Waals surface area contributed by atoms with Gasteiger partial charge in [0.15, 0.2) is 0 Å². The van der Waals surface area contributed by atoms with Gasteiger partial charge in [-0.3, -0.25) is 10.7 Å². The van der Waals surface area contributed by atoms with E-state index in [0.29, 0.717) is 0 Å². The minimum Gasteiger partial charge on any atom is -0.385 e. The molecule has 2 atom stereocenters. The van der Waals surface area contributed by atoms with Gasteiger partial charge in [-0.1, -0.05) is 19.3 Å². The smallest absolute Gasteiger partial charge is 0.127 e. The lowest BCUT2D eigenvalue weighted by atomic mass is 9.83. The summed E-state index contributed by atoms with van der Waals surface area (Å²) in [5, 5.41) is 11.1. The second kappa shape index (κ2) is 5.33. The van der Waals surface area contributed by atoms with Crippen LogP contribution in [-0.2, 0) is 4.74 Å². The SMILES string of the molecule is N=C(N)C1(OC2NCCCC2N)CCCCC1. The van der Waals surface area contributed by atoms with E-state index in [0.717, 1.165) is 45.1 Å². The van der Waals surface area contributed by atoms with Gasteiger partial charge >= 0.3 is 0 Å². The summed E-state index contributed by atoms with van der Waals surface area (Å²) < 4.78 is 6.11. The molecule has 0 bridgehead atoms. The van der Waals surface area contributed by atoms with E-state index >= 15 is 0 Å². The Morgan fingerprint density at radius 2 is 1.94 bits per heavy atom. The van der Waals surface area contributed by atoms with Crippen molar-refractivity contribution in [1.29, 1.82) is 5.41 Å². The molecule has 98 valence electrons. The predicted octanol–water partition coefficient (Wildman–Crippen LogP) is 0.679. The molecule has 5 heteroatoms. The summed E-state index contributed by atoms with van der Waals surface area (Å²) in [4.78, 5) is 0. The highest BCUT2D eigenvalue weighted by Crippen LogP contribution is 2.33. The van der Waals surface area contributed by atoms with Gasteiger partial charge in [0.05, 0.1) is 0 Å². The Balaban J connectivity index is 2.03. The molecule has 17 heavy (non-hydrogen) atoms. The third-order valence-corrected chi connectivity index (χ3v) is 3.95. The van der Waals surface area contributed by atoms with Crippen molar-refractivity contribution in [2.75, 3.05) is 6.54 Å². The summed E-state index contributed by atoms with van der Waals surface area (Å²) in [5.74, 6) is 0.164. The number of nitrogens with one attached hydrogen (secondary N) is 2. The molecule has 0 spiro atoms. The highest BCUT2D eigenvalue weighted by molar-refractivity contribution is 5.86. The Labute approximate surface area is 103 Å². The fraction of sp³-hybridized carbons (Fsp3) is 0.917. The largest absolute Gasteiger partial charge is 0.385 e. The van der Waals surface area contributed by atoms with Gasteiger partial charge in [0.2, 0.25) is 0 Å². The van der Waals surface area contributed by atoms with Crippen molar-refractivity contribution in [2.45, 2.75) is 62.8 Å². The first kappa shape index (κ1) is 12.8. The fourth-order valence-corrected chi connectivity index (χ4v) is 2.83. The molecule has 0 aromatic carbocycles. The molecule has 1 saturated heterocycles. The molecule has 2 fully saturated rings. The van der Waals surface area contributed by atoms with Gasteiger partial charge in [0, 0.05) is 6.04 Å². The zero-order valence-electron chi connectivity index (χ0n) is 10.4. The van der Waals surface area contributed by atoms with Gasteiger partial charge in [-0.05, 0) is 32.2 Å². The Bertz CT molecular complexity index is 276. The van der Waals surface area contributed by atoms with E-state index in [4.69, 9.17) is 21.6 Å². The zero-order valence-corrected chi connectivity index (χ0v) is 10.4. The normalized spacial score (nSPS) is 33.2. The first-order chi connectivity index (χ1) is 8.14. The van der Waals surface area contributed by atoms with E-state index in [1.807, 2.05) is 0 Å². The lowest BCUT2D eigenvalue weighted by Crippen LogP contribution is -2.58. The Morgan fingerprint density at radius 1 is 1.24 bits per heavy atom. The van der Waals surface area contributed by atoms with Crippen LogP contribution in [0.15, 0.2) is 0 Å². The van der Waals surface area contributed by atoms with Crippen molar-refractivity contribution in [1.82, 2.24) is 5.32 Å². The number of piperidine rings is 1. The van der Waals surface area contributed by atoms with Crippen LogP contribution in [0.1, 0.15) is 44.9 Å². The van der Waals surface area contributed by atoms with E-state index in [1.165, 1.54) is 6.42 Å². The minimum absolute atomic E-state index is 0.0156. The topological polar surface area (TPSA) is 97.2 Å². The van der Waals surface area contributed by atoms with Crippen LogP contribution in [0, 0.1) is 5.41 Å². The Morgan fingerprint density at radius 3 is 2.53 bits per heavy atom. The van der Waals surface area contributed by atoms with Crippen molar-refractivity contribution in [3.05, 3.63) is 0 Å². The van der Waals surface area contributed by atoms with E-state index in [2.05, 4.69) is 5.32 Å². The molecule has 0 aromatic rings. The van der Waals surface area contributed by atoms with Crippen molar-refractivity contribution in [3.8, 4) is 0 Å². The van der Waals surface area contributed by atoms with Gasteiger partial charge in [-0.2, -0.15) is 0 Å². The minimum atomic E-state index is -0.565. The molecule has 1 heterocycles. The lowest BCUT2D eigenvalue weighted by molar-refractivity contribution is -0.100. The molecule has 6 N–H and O–H groups in total. The van der Waals surface area contributed by atoms with Crippen LogP contribution in [-0.4, -0.2) is 30.3 Å². The zero-order chi connectivity index (χ0) is 12.3. The summed E-state index contributed by atoms with van der Waals surface area (Å²) in [6, 6.07) is 0.0156. The maximum absolute atomic E-state index is 7.81. The summed E-state index contributed by atoms with van der Waals surface area (Å²) >= 11 is 0. The van der Waals surface area contributed by atoms with E-state index in [9.17, 15) is 0 Å². The molecular weight excluding hydrogens is 216 g/mol. The quantitative estimate of drug-likeness (QED) is 0.431. The number of rotatable bonds is 3. The maximum atomic E-state index is 7.81. The molecule has 0 amide bonds. The Hall–Kier alpha value is -0.650. The highest BCUT2D eigenvalue weighted by Gasteiger charge is 2.40. The summed E-state index contributed by atoms with van der Waals surface area (Å²) in [6.07, 6.45) is 7.01. The summed E-state index contributed by atoms with van der Waals surface area (Å²) in [6.45, 7) is 0.937.